The van der Waals surface area contributed by atoms with Crippen LogP contribution in [0.25, 0.3) is 71.9 Å². The average Bonchev–Trinajstić information content (AvgIpc) is 3.58. The summed E-state index contributed by atoms with van der Waals surface area (Å²) >= 11 is 0. The smallest absolute Gasteiger partial charge is 0.146 e. The van der Waals surface area contributed by atoms with E-state index >= 15 is 0 Å². The molecule has 1 heterocycles. The minimum atomic E-state index is -0.601. The molecule has 0 saturated carbocycles. The summed E-state index contributed by atoms with van der Waals surface area (Å²) in [5.41, 5.74) is 1.86. The van der Waals surface area contributed by atoms with Crippen LogP contribution in [0.2, 0.25) is 0 Å². The molecule has 41 heavy (non-hydrogen) atoms. The van der Waals surface area contributed by atoms with Gasteiger partial charge in [-0.1, -0.05) is 133 Å². The van der Waals surface area contributed by atoms with Crippen LogP contribution in [0.3, 0.4) is 0 Å². The van der Waals surface area contributed by atoms with E-state index in [4.69, 9.17) is 17.3 Å². The lowest BCUT2D eigenvalue weighted by Gasteiger charge is -2.20. The van der Waals surface area contributed by atoms with E-state index in [9.17, 15) is 5.48 Å². The molecular weight excluding hydrogens is 496 g/mol. The first-order chi connectivity index (χ1) is 25.8. The molecule has 0 N–H and O–H groups in total. The van der Waals surface area contributed by atoms with Crippen molar-refractivity contribution in [2.24, 2.45) is 0 Å². The largest absolute Gasteiger partial charge is 0.292 e. The maximum absolute atomic E-state index is 9.40. The van der Waals surface area contributed by atoms with Crippen molar-refractivity contribution >= 4 is 32.6 Å². The Bertz CT molecular complexity index is 2810. The van der Waals surface area contributed by atoms with E-state index in [0.29, 0.717) is 16.7 Å². The van der Waals surface area contributed by atoms with Crippen molar-refractivity contribution in [1.82, 2.24) is 9.55 Å². The molecule has 7 aromatic carbocycles. The normalized spacial score (nSPS) is 15.9. The maximum Gasteiger partial charge on any atom is 0.146 e. The highest BCUT2D eigenvalue weighted by atomic mass is 15.1. The van der Waals surface area contributed by atoms with E-state index < -0.39 is 78.6 Å². The highest BCUT2D eigenvalue weighted by molar-refractivity contribution is 6.22. The third kappa shape index (κ3) is 3.76. The van der Waals surface area contributed by atoms with Gasteiger partial charge in [-0.2, -0.15) is 0 Å². The van der Waals surface area contributed by atoms with Gasteiger partial charge < -0.3 is 0 Å². The standard InChI is InChI=1S/C39H26N2/c1-3-15-27(16-4-1)29-19-7-8-20-30(29)37-31-21-9-11-23-33(31)38(34-24-12-10-22-32(34)37)39-40-35-25-13-14-26-36(35)41(39)28-17-5-2-6-18-28/h1-26H/i1D,3D,4D,9D,10D,11D,12D,15D,16D,21D,22D,23D,24D. The zero-order valence-electron chi connectivity index (χ0n) is 34.4. The Morgan fingerprint density at radius 1 is 0.488 bits per heavy atom. The molecule has 0 bridgehead atoms. The van der Waals surface area contributed by atoms with Gasteiger partial charge in [0.15, 0.2) is 0 Å². The van der Waals surface area contributed by atoms with Crippen LogP contribution in [0.4, 0.5) is 0 Å². The van der Waals surface area contributed by atoms with Crippen LogP contribution in [-0.4, -0.2) is 9.55 Å². The van der Waals surface area contributed by atoms with Gasteiger partial charge in [0.1, 0.15) is 5.82 Å². The fraction of sp³-hybridized carbons (Fsp3) is 0. The van der Waals surface area contributed by atoms with Gasteiger partial charge in [-0.3, -0.25) is 4.57 Å². The van der Waals surface area contributed by atoms with Crippen LogP contribution in [0.15, 0.2) is 157 Å². The fourth-order valence-electron chi connectivity index (χ4n) is 5.45. The number of imidazole rings is 1. The van der Waals surface area contributed by atoms with E-state index in [-0.39, 0.29) is 55.2 Å². The van der Waals surface area contributed by atoms with Crippen LogP contribution in [0, 0.1) is 0 Å². The molecule has 0 saturated heterocycles. The zero-order valence-corrected chi connectivity index (χ0v) is 21.4. The third-order valence-corrected chi connectivity index (χ3v) is 7.14. The van der Waals surface area contributed by atoms with Crippen molar-refractivity contribution in [3.05, 3.63) is 157 Å². The van der Waals surface area contributed by atoms with E-state index in [1.807, 2.05) is 42.5 Å². The van der Waals surface area contributed by atoms with Crippen molar-refractivity contribution in [3.63, 3.8) is 0 Å². The van der Waals surface area contributed by atoms with Crippen LogP contribution in [0.5, 0.6) is 0 Å². The lowest BCUT2D eigenvalue weighted by Crippen LogP contribution is -1.99. The Labute approximate surface area is 257 Å². The lowest BCUT2D eigenvalue weighted by atomic mass is 9.85. The number of rotatable bonds is 4. The second-order valence-corrected chi connectivity index (χ2v) is 9.39. The van der Waals surface area contributed by atoms with Gasteiger partial charge in [-0.25, -0.2) is 4.98 Å². The summed E-state index contributed by atoms with van der Waals surface area (Å²) in [5.74, 6) is 0.165. The van der Waals surface area contributed by atoms with Crippen molar-refractivity contribution in [2.75, 3.05) is 0 Å². The van der Waals surface area contributed by atoms with Crippen molar-refractivity contribution in [2.45, 2.75) is 0 Å². The Morgan fingerprint density at radius 2 is 1.02 bits per heavy atom. The molecule has 0 amide bonds. The van der Waals surface area contributed by atoms with Gasteiger partial charge in [-0.05, 0) is 68.1 Å². The number of benzene rings is 7. The van der Waals surface area contributed by atoms with Crippen molar-refractivity contribution < 1.29 is 17.8 Å². The van der Waals surface area contributed by atoms with Crippen LogP contribution in [-0.2, 0) is 0 Å². The van der Waals surface area contributed by atoms with Crippen LogP contribution < -0.4 is 0 Å². The van der Waals surface area contributed by atoms with Gasteiger partial charge in [0.05, 0.1) is 28.9 Å². The Kier molecular flexibility index (Phi) is 3.22. The Hall–Kier alpha value is -5.47. The van der Waals surface area contributed by atoms with Crippen molar-refractivity contribution in [1.29, 1.82) is 0 Å². The SMILES string of the molecule is [2H]c1c([2H])c([2H])c(-c2ccccc2-c2c3c([2H])c([2H])c([2H])c([2H])c3c(-c3nc4ccccc4n3-c3ccccc3)c3c([2H])c([2H])c([2H])c([2H])c23)c([2H])c1[2H]. The summed E-state index contributed by atoms with van der Waals surface area (Å²) in [6, 6.07) is 15.5. The first-order valence-electron chi connectivity index (χ1n) is 19.4. The van der Waals surface area contributed by atoms with Gasteiger partial charge in [0.2, 0.25) is 0 Å². The first-order valence-corrected chi connectivity index (χ1v) is 12.9. The summed E-state index contributed by atoms with van der Waals surface area (Å²) in [7, 11) is 0. The number of para-hydroxylation sites is 3. The molecule has 2 nitrogen and oxygen atoms in total. The minimum Gasteiger partial charge on any atom is -0.292 e. The predicted octanol–water partition coefficient (Wildman–Crippen LogP) is 10.3. The molecule has 1 aromatic heterocycles. The summed E-state index contributed by atoms with van der Waals surface area (Å²) in [4.78, 5) is 4.97. The van der Waals surface area contributed by atoms with E-state index in [0.717, 1.165) is 0 Å². The highest BCUT2D eigenvalue weighted by Crippen LogP contribution is 2.46. The molecule has 0 atom stereocenters. The van der Waals surface area contributed by atoms with Gasteiger partial charge in [0.25, 0.3) is 0 Å². The molecular formula is C39H26N2. The molecule has 8 rings (SSSR count). The quantitative estimate of drug-likeness (QED) is 0.205. The minimum absolute atomic E-state index is 0.0208. The number of nitrogens with zero attached hydrogens (tertiary/aromatic N) is 2. The summed E-state index contributed by atoms with van der Waals surface area (Å²) in [6.45, 7) is 0. The monoisotopic (exact) mass is 535 g/mol. The predicted molar refractivity (Wildman–Crippen MR) is 172 cm³/mol. The summed E-state index contributed by atoms with van der Waals surface area (Å²) < 4.78 is 117. The Morgan fingerprint density at radius 3 is 1.71 bits per heavy atom. The number of aromatic nitrogens is 2. The number of hydrogen-bond acceptors (Lipinski definition) is 1. The van der Waals surface area contributed by atoms with Gasteiger partial charge in [-0.15, -0.1) is 0 Å². The molecule has 0 aliphatic carbocycles. The number of hydrogen-bond donors (Lipinski definition) is 0. The maximum atomic E-state index is 9.40. The molecule has 0 unspecified atom stereocenters. The molecule has 0 spiro atoms. The third-order valence-electron chi connectivity index (χ3n) is 7.14. The van der Waals surface area contributed by atoms with E-state index in [1.54, 1.807) is 34.9 Å². The van der Waals surface area contributed by atoms with Crippen LogP contribution >= 0.6 is 0 Å². The Balaban J connectivity index is 1.70. The lowest BCUT2D eigenvalue weighted by molar-refractivity contribution is 1.11. The summed E-state index contributed by atoms with van der Waals surface area (Å²) in [6.07, 6.45) is 0. The van der Waals surface area contributed by atoms with Crippen LogP contribution in [0.1, 0.15) is 17.8 Å². The van der Waals surface area contributed by atoms with Gasteiger partial charge >= 0.3 is 0 Å². The molecule has 2 heteroatoms. The fourth-order valence-corrected chi connectivity index (χ4v) is 5.45. The molecule has 0 aliphatic rings. The van der Waals surface area contributed by atoms with Crippen molar-refractivity contribution in [3.8, 4) is 39.3 Å². The van der Waals surface area contributed by atoms with Gasteiger partial charge in [0, 0.05) is 11.3 Å². The summed E-state index contributed by atoms with van der Waals surface area (Å²) in [5, 5.41) is -0.339. The molecule has 0 radical (unpaired) electrons. The molecule has 8 aromatic rings. The highest BCUT2D eigenvalue weighted by Gasteiger charge is 2.22. The number of fused-ring (bicyclic) bond motifs is 3. The molecule has 0 fully saturated rings. The van der Waals surface area contributed by atoms with E-state index in [1.165, 1.54) is 6.07 Å². The topological polar surface area (TPSA) is 17.8 Å². The molecule has 192 valence electrons. The average molecular weight is 536 g/mol. The second kappa shape index (κ2) is 9.62. The molecule has 0 aliphatic heterocycles. The second-order valence-electron chi connectivity index (χ2n) is 9.39. The van der Waals surface area contributed by atoms with E-state index in [2.05, 4.69) is 0 Å². The zero-order chi connectivity index (χ0) is 38.5. The first kappa shape index (κ1) is 13.7.